The first-order valence-electron chi connectivity index (χ1n) is 10.2. The van der Waals surface area contributed by atoms with Gasteiger partial charge in [-0.15, -0.1) is 0 Å². The van der Waals surface area contributed by atoms with Gasteiger partial charge in [-0.3, -0.25) is 4.79 Å². The van der Waals surface area contributed by atoms with E-state index in [0.29, 0.717) is 24.5 Å². The maximum Gasteiger partial charge on any atom is 0.309 e. The molecule has 1 unspecified atom stereocenters. The van der Waals surface area contributed by atoms with Gasteiger partial charge in [0, 0.05) is 24.4 Å². The van der Waals surface area contributed by atoms with Gasteiger partial charge in [0.15, 0.2) is 0 Å². The molecule has 1 aromatic rings. The Morgan fingerprint density at radius 2 is 1.88 bits per heavy atom. The van der Waals surface area contributed by atoms with Gasteiger partial charge < -0.3 is 9.30 Å². The first-order chi connectivity index (χ1) is 12.3. The fourth-order valence-electron chi connectivity index (χ4n) is 6.78. The molecule has 3 aliphatic carbocycles. The number of ether oxygens (including phenoxy) is 1. The first-order valence-corrected chi connectivity index (χ1v) is 10.2. The lowest BCUT2D eigenvalue weighted by molar-refractivity contribution is -0.150. The Kier molecular flexibility index (Phi) is 3.76. The number of rotatable bonds is 2. The van der Waals surface area contributed by atoms with Crippen molar-refractivity contribution in [3.05, 3.63) is 24.3 Å². The lowest BCUT2D eigenvalue weighted by Crippen LogP contribution is -2.44. The van der Waals surface area contributed by atoms with E-state index in [-0.39, 0.29) is 11.9 Å². The van der Waals surface area contributed by atoms with Crippen molar-refractivity contribution in [2.45, 2.75) is 51.5 Å². The number of hydrogen-bond donors (Lipinski definition) is 0. The van der Waals surface area contributed by atoms with Crippen LogP contribution in [0.25, 0.3) is 6.08 Å². The molecule has 3 saturated carbocycles. The zero-order valence-electron chi connectivity index (χ0n) is 15.0. The number of hydrogen-bond acceptors (Lipinski definition) is 3. The fourth-order valence-corrected chi connectivity index (χ4v) is 6.78. The molecule has 0 saturated heterocycles. The Labute approximate surface area is 149 Å². The van der Waals surface area contributed by atoms with Crippen molar-refractivity contribution in [1.82, 2.24) is 9.55 Å². The van der Waals surface area contributed by atoms with Crippen LogP contribution in [0.5, 0.6) is 0 Å². The highest BCUT2D eigenvalue weighted by Crippen LogP contribution is 2.58. The van der Waals surface area contributed by atoms with E-state index in [9.17, 15) is 4.79 Å². The highest BCUT2D eigenvalue weighted by atomic mass is 16.5. The van der Waals surface area contributed by atoms with E-state index in [4.69, 9.17) is 4.74 Å². The van der Waals surface area contributed by atoms with Gasteiger partial charge in [0.25, 0.3) is 0 Å². The van der Waals surface area contributed by atoms with Gasteiger partial charge in [-0.2, -0.15) is 0 Å². The number of esters is 1. The molecule has 3 fully saturated rings. The third-order valence-electron chi connectivity index (χ3n) is 7.66. The van der Waals surface area contributed by atoms with E-state index in [0.717, 1.165) is 30.0 Å². The van der Waals surface area contributed by atoms with E-state index in [2.05, 4.69) is 27.9 Å². The van der Waals surface area contributed by atoms with Crippen LogP contribution in [0.1, 0.15) is 57.3 Å². The van der Waals surface area contributed by atoms with Crippen molar-refractivity contribution < 1.29 is 9.53 Å². The highest BCUT2D eigenvalue weighted by Gasteiger charge is 2.52. The van der Waals surface area contributed by atoms with Gasteiger partial charge >= 0.3 is 5.97 Å². The SMILES string of the molecule is CCOC(=O)[C@@H]1CC[C@H]2[C@@H]3CCC4[C@H](C=Cc5nccn54)[C@H]3CC[C@@H]21. The summed E-state index contributed by atoms with van der Waals surface area (Å²) in [5.41, 5.74) is 0. The van der Waals surface area contributed by atoms with E-state index in [1.807, 2.05) is 13.1 Å². The molecule has 2 heterocycles. The van der Waals surface area contributed by atoms with E-state index < -0.39 is 0 Å². The molecule has 4 aliphatic rings. The number of nitrogens with zero attached hydrogens (tertiary/aromatic N) is 2. The van der Waals surface area contributed by atoms with Crippen LogP contribution >= 0.6 is 0 Å². The zero-order valence-corrected chi connectivity index (χ0v) is 15.0. The van der Waals surface area contributed by atoms with Crippen molar-refractivity contribution in [3.63, 3.8) is 0 Å². The first kappa shape index (κ1) is 15.7. The molecule has 7 atom stereocenters. The Bertz CT molecular complexity index is 694. The van der Waals surface area contributed by atoms with E-state index in [1.165, 1.54) is 32.1 Å². The second-order valence-electron chi connectivity index (χ2n) is 8.44. The summed E-state index contributed by atoms with van der Waals surface area (Å²) in [6.07, 6.45) is 16.1. The quantitative estimate of drug-likeness (QED) is 0.762. The third-order valence-corrected chi connectivity index (χ3v) is 7.66. The Hall–Kier alpha value is -1.58. The summed E-state index contributed by atoms with van der Waals surface area (Å²) in [7, 11) is 0. The average molecular weight is 340 g/mol. The predicted molar refractivity (Wildman–Crippen MR) is 95.6 cm³/mol. The summed E-state index contributed by atoms with van der Waals surface area (Å²) >= 11 is 0. The maximum atomic E-state index is 12.4. The molecule has 0 spiro atoms. The van der Waals surface area contributed by atoms with Gasteiger partial charge in [-0.25, -0.2) is 4.98 Å². The Morgan fingerprint density at radius 3 is 2.76 bits per heavy atom. The van der Waals surface area contributed by atoms with Crippen LogP contribution in [0.2, 0.25) is 0 Å². The van der Waals surface area contributed by atoms with Crippen LogP contribution in [0.4, 0.5) is 0 Å². The molecule has 1 aliphatic heterocycles. The zero-order chi connectivity index (χ0) is 17.0. The second-order valence-corrected chi connectivity index (χ2v) is 8.44. The molecule has 4 nitrogen and oxygen atoms in total. The minimum Gasteiger partial charge on any atom is -0.466 e. The molecule has 0 radical (unpaired) electrons. The largest absolute Gasteiger partial charge is 0.466 e. The van der Waals surface area contributed by atoms with Crippen LogP contribution in [-0.2, 0) is 9.53 Å². The smallest absolute Gasteiger partial charge is 0.309 e. The molecule has 0 aromatic carbocycles. The van der Waals surface area contributed by atoms with Crippen LogP contribution in [0.15, 0.2) is 18.5 Å². The summed E-state index contributed by atoms with van der Waals surface area (Å²) in [4.78, 5) is 16.8. The third kappa shape index (κ3) is 2.32. The van der Waals surface area contributed by atoms with Crippen molar-refractivity contribution in [1.29, 1.82) is 0 Å². The van der Waals surface area contributed by atoms with Gasteiger partial charge in [0.2, 0.25) is 0 Å². The molecule has 25 heavy (non-hydrogen) atoms. The summed E-state index contributed by atoms with van der Waals surface area (Å²) in [6.45, 7) is 2.43. The summed E-state index contributed by atoms with van der Waals surface area (Å²) in [5.74, 6) is 4.93. The summed E-state index contributed by atoms with van der Waals surface area (Å²) < 4.78 is 7.77. The van der Waals surface area contributed by atoms with Gasteiger partial charge in [0.1, 0.15) is 5.82 Å². The van der Waals surface area contributed by atoms with Gasteiger partial charge in [-0.05, 0) is 75.2 Å². The molecule has 1 aromatic heterocycles. The maximum absolute atomic E-state index is 12.4. The van der Waals surface area contributed by atoms with E-state index >= 15 is 0 Å². The number of carbonyl (C=O) groups excluding carboxylic acids is 1. The monoisotopic (exact) mass is 340 g/mol. The highest BCUT2D eigenvalue weighted by molar-refractivity contribution is 5.73. The standard InChI is InChI=1S/C21H28N2O2/c1-2-25-21(24)18-6-5-13-14-7-9-19-17(15(14)3-4-16(13)18)8-10-20-22-11-12-23(19)20/h8,10-19H,2-7,9H2,1H3/t13-,14-,15-,16-,17+,18+,19?/m0/s1. The molecule has 134 valence electrons. The molecule has 0 bridgehead atoms. The molecule has 4 heteroatoms. The lowest BCUT2D eigenvalue weighted by Gasteiger charge is -2.51. The average Bonchev–Trinajstić information content (AvgIpc) is 3.28. The molecular formula is C21H28N2O2. The summed E-state index contributed by atoms with van der Waals surface area (Å²) in [6, 6.07) is 0.600. The number of carbonyl (C=O) groups is 1. The Morgan fingerprint density at radius 1 is 1.12 bits per heavy atom. The minimum absolute atomic E-state index is 0.0720. The number of allylic oxidation sites excluding steroid dienone is 1. The normalized spacial score (nSPS) is 41.4. The molecular weight excluding hydrogens is 312 g/mol. The Balaban J connectivity index is 1.37. The number of imidazole rings is 1. The van der Waals surface area contributed by atoms with Gasteiger partial charge in [-0.1, -0.05) is 6.08 Å². The molecule has 0 amide bonds. The lowest BCUT2D eigenvalue weighted by atomic mass is 9.56. The number of fused-ring (bicyclic) bond motifs is 7. The van der Waals surface area contributed by atoms with Gasteiger partial charge in [0.05, 0.1) is 12.5 Å². The van der Waals surface area contributed by atoms with Crippen molar-refractivity contribution in [2.24, 2.45) is 35.5 Å². The predicted octanol–water partition coefficient (Wildman–Crippen LogP) is 4.09. The van der Waals surface area contributed by atoms with Crippen LogP contribution < -0.4 is 0 Å². The molecule has 0 N–H and O–H groups in total. The summed E-state index contributed by atoms with van der Waals surface area (Å²) in [5, 5.41) is 0. The topological polar surface area (TPSA) is 44.1 Å². The van der Waals surface area contributed by atoms with Crippen LogP contribution in [-0.4, -0.2) is 22.1 Å². The minimum atomic E-state index is 0.0720. The second kappa shape index (κ2) is 6.00. The fraction of sp³-hybridized carbons (Fsp3) is 0.714. The van der Waals surface area contributed by atoms with Crippen LogP contribution in [0.3, 0.4) is 0 Å². The van der Waals surface area contributed by atoms with Crippen molar-refractivity contribution in [2.75, 3.05) is 6.61 Å². The molecule has 5 rings (SSSR count). The van der Waals surface area contributed by atoms with Crippen molar-refractivity contribution in [3.8, 4) is 0 Å². The number of aromatic nitrogens is 2. The van der Waals surface area contributed by atoms with Crippen molar-refractivity contribution >= 4 is 12.0 Å². The van der Waals surface area contributed by atoms with E-state index in [1.54, 1.807) is 0 Å². The van der Waals surface area contributed by atoms with Crippen LogP contribution in [0, 0.1) is 35.5 Å².